The number of amides is 1. The van der Waals surface area contributed by atoms with Crippen molar-refractivity contribution in [2.45, 2.75) is 13.0 Å². The van der Waals surface area contributed by atoms with Crippen LogP contribution < -0.4 is 5.32 Å². The van der Waals surface area contributed by atoms with Crippen LogP contribution >= 0.6 is 0 Å². The molecule has 7 nitrogen and oxygen atoms in total. The largest absolute Gasteiger partial charge is 0.475 e. The third kappa shape index (κ3) is 3.78. The summed E-state index contributed by atoms with van der Waals surface area (Å²) >= 11 is 0. The second kappa shape index (κ2) is 6.66. The number of nitrogens with zero attached hydrogens (tertiary/aromatic N) is 1. The van der Waals surface area contributed by atoms with E-state index in [0.29, 0.717) is 5.56 Å². The summed E-state index contributed by atoms with van der Waals surface area (Å²) < 4.78 is 34.5. The van der Waals surface area contributed by atoms with Gasteiger partial charge in [0, 0.05) is 0 Å². The molecule has 0 aliphatic rings. The number of carbonyl (C=O) groups is 2. The van der Waals surface area contributed by atoms with Gasteiger partial charge in [-0.25, -0.2) is 23.7 Å². The number of carboxylic acid groups (broad SMARTS) is 1. The van der Waals surface area contributed by atoms with E-state index in [0.717, 1.165) is 0 Å². The van der Waals surface area contributed by atoms with Crippen LogP contribution in [0.5, 0.6) is 0 Å². The Balaban J connectivity index is 1.99. The number of hydrogen-bond acceptors (Lipinski definition) is 5. The van der Waals surface area contributed by atoms with Crippen LogP contribution in [0.3, 0.4) is 0 Å². The van der Waals surface area contributed by atoms with E-state index in [-0.39, 0.29) is 6.61 Å². The Hall–Kier alpha value is -2.97. The third-order valence-corrected chi connectivity index (χ3v) is 2.48. The van der Waals surface area contributed by atoms with Crippen molar-refractivity contribution in [3.05, 3.63) is 47.3 Å². The first-order chi connectivity index (χ1) is 10.5. The number of carbonyl (C=O) groups excluding carboxylic acids is 1. The molecule has 0 saturated carbocycles. The van der Waals surface area contributed by atoms with Crippen LogP contribution in [-0.2, 0) is 11.3 Å². The molecular weight excluding hydrogens is 302 g/mol. The maximum absolute atomic E-state index is 12.6. The van der Waals surface area contributed by atoms with E-state index < -0.39 is 36.0 Å². The Morgan fingerprint density at radius 3 is 2.55 bits per heavy atom. The van der Waals surface area contributed by atoms with Gasteiger partial charge in [-0.1, -0.05) is 30.3 Å². The fourth-order valence-electron chi connectivity index (χ4n) is 1.53. The molecule has 22 heavy (non-hydrogen) atoms. The highest BCUT2D eigenvalue weighted by atomic mass is 19.3. The molecule has 0 aliphatic carbocycles. The Morgan fingerprint density at radius 1 is 1.32 bits per heavy atom. The normalized spacial score (nSPS) is 10.5. The summed E-state index contributed by atoms with van der Waals surface area (Å²) in [6, 6.07) is 8.05. The van der Waals surface area contributed by atoms with E-state index in [2.05, 4.69) is 9.40 Å². The summed E-state index contributed by atoms with van der Waals surface area (Å²) in [5, 5.41) is 10.7. The molecule has 1 heterocycles. The molecule has 116 valence electrons. The van der Waals surface area contributed by atoms with Crippen LogP contribution in [0.1, 0.15) is 28.2 Å². The van der Waals surface area contributed by atoms with E-state index in [1.807, 2.05) is 5.32 Å². The molecule has 0 radical (unpaired) electrons. The van der Waals surface area contributed by atoms with Gasteiger partial charge in [-0.3, -0.25) is 0 Å². The first-order valence-electron chi connectivity index (χ1n) is 5.97. The van der Waals surface area contributed by atoms with Gasteiger partial charge in [-0.05, 0) is 5.56 Å². The van der Waals surface area contributed by atoms with Crippen molar-refractivity contribution in [1.82, 2.24) is 4.98 Å². The number of rotatable bonds is 5. The summed E-state index contributed by atoms with van der Waals surface area (Å²) in [5.74, 6) is -2.75. The number of oxazole rings is 1. The van der Waals surface area contributed by atoms with Gasteiger partial charge in [0.15, 0.2) is 5.69 Å². The molecule has 0 bridgehead atoms. The molecule has 2 N–H and O–H groups in total. The summed E-state index contributed by atoms with van der Waals surface area (Å²) in [7, 11) is 0. The number of aromatic nitrogens is 1. The second-order valence-corrected chi connectivity index (χ2v) is 4.03. The van der Waals surface area contributed by atoms with Crippen LogP contribution in [-0.4, -0.2) is 22.2 Å². The van der Waals surface area contributed by atoms with E-state index >= 15 is 0 Å². The minimum Gasteiger partial charge on any atom is -0.475 e. The molecule has 0 spiro atoms. The lowest BCUT2D eigenvalue weighted by molar-refractivity contribution is 0.0646. The number of ether oxygens (including phenoxy) is 1. The number of hydrogen-bond donors (Lipinski definition) is 2. The number of halogens is 2. The molecular formula is C13H10F2N2O5. The van der Waals surface area contributed by atoms with Crippen LogP contribution in [0.4, 0.5) is 19.6 Å². The van der Waals surface area contributed by atoms with E-state index in [1.54, 1.807) is 30.3 Å². The molecule has 1 amide bonds. The van der Waals surface area contributed by atoms with Gasteiger partial charge in [0.1, 0.15) is 6.61 Å². The van der Waals surface area contributed by atoms with Crippen LogP contribution in [0.15, 0.2) is 34.7 Å². The number of nitrogens with one attached hydrogen (secondary N) is 1. The van der Waals surface area contributed by atoms with E-state index in [4.69, 9.17) is 9.84 Å². The molecule has 1 aromatic heterocycles. The molecule has 0 saturated heterocycles. The van der Waals surface area contributed by atoms with Gasteiger partial charge in [0.05, 0.1) is 0 Å². The maximum atomic E-state index is 12.6. The molecule has 0 fully saturated rings. The highest BCUT2D eigenvalue weighted by molar-refractivity contribution is 5.87. The van der Waals surface area contributed by atoms with Crippen molar-refractivity contribution in [2.75, 3.05) is 5.32 Å². The van der Waals surface area contributed by atoms with Crippen molar-refractivity contribution in [1.29, 1.82) is 0 Å². The standard InChI is InChI=1S/C13H10F2N2O5/c14-10(15)8-9(11(18)19)22-12(16-8)17-13(20)21-6-7-4-2-1-3-5-7/h1-5,10H,6H2,(H,18,19)(H,16,17,20). The van der Waals surface area contributed by atoms with E-state index in [1.165, 1.54) is 0 Å². The lowest BCUT2D eigenvalue weighted by Gasteiger charge is -2.04. The number of anilines is 1. The zero-order valence-electron chi connectivity index (χ0n) is 11.0. The van der Waals surface area contributed by atoms with Gasteiger partial charge < -0.3 is 14.3 Å². The highest BCUT2D eigenvalue weighted by Crippen LogP contribution is 2.25. The van der Waals surface area contributed by atoms with Crippen molar-refractivity contribution in [2.24, 2.45) is 0 Å². The van der Waals surface area contributed by atoms with Gasteiger partial charge >= 0.3 is 18.1 Å². The van der Waals surface area contributed by atoms with E-state index in [9.17, 15) is 18.4 Å². The second-order valence-electron chi connectivity index (χ2n) is 4.03. The summed E-state index contributed by atoms with van der Waals surface area (Å²) in [6.45, 7) is -0.0547. The Bertz CT molecular complexity index is 672. The summed E-state index contributed by atoms with van der Waals surface area (Å²) in [4.78, 5) is 25.4. The molecule has 1 aromatic carbocycles. The van der Waals surface area contributed by atoms with Crippen molar-refractivity contribution >= 4 is 18.1 Å². The zero-order chi connectivity index (χ0) is 16.1. The molecule has 0 unspecified atom stereocenters. The molecule has 0 aliphatic heterocycles. The number of aromatic carboxylic acids is 1. The summed E-state index contributed by atoms with van der Waals surface area (Å²) in [6.07, 6.45) is -4.16. The highest BCUT2D eigenvalue weighted by Gasteiger charge is 2.27. The average molecular weight is 312 g/mol. The fourth-order valence-corrected chi connectivity index (χ4v) is 1.53. The zero-order valence-corrected chi connectivity index (χ0v) is 11.0. The van der Waals surface area contributed by atoms with Gasteiger partial charge in [0.25, 0.3) is 6.43 Å². The number of benzene rings is 1. The van der Waals surface area contributed by atoms with Crippen LogP contribution in [0.2, 0.25) is 0 Å². The van der Waals surface area contributed by atoms with Gasteiger partial charge in [-0.2, -0.15) is 4.98 Å². The van der Waals surface area contributed by atoms with Gasteiger partial charge in [-0.15, -0.1) is 0 Å². The van der Waals surface area contributed by atoms with Crippen LogP contribution in [0, 0.1) is 0 Å². The Kier molecular flexibility index (Phi) is 4.66. The van der Waals surface area contributed by atoms with Crippen molar-refractivity contribution in [3.8, 4) is 0 Å². The quantitative estimate of drug-likeness (QED) is 0.879. The molecule has 2 rings (SSSR count). The average Bonchev–Trinajstić information content (AvgIpc) is 2.90. The lowest BCUT2D eigenvalue weighted by atomic mass is 10.2. The first-order valence-corrected chi connectivity index (χ1v) is 5.97. The lowest BCUT2D eigenvalue weighted by Crippen LogP contribution is -2.13. The smallest absolute Gasteiger partial charge is 0.415 e. The van der Waals surface area contributed by atoms with Crippen molar-refractivity contribution in [3.63, 3.8) is 0 Å². The SMILES string of the molecule is O=C(Nc1nc(C(F)F)c(C(=O)O)o1)OCc1ccccc1. The molecule has 0 atom stereocenters. The third-order valence-electron chi connectivity index (χ3n) is 2.48. The minimum atomic E-state index is -3.15. The number of alkyl halides is 2. The topological polar surface area (TPSA) is 102 Å². The van der Waals surface area contributed by atoms with Gasteiger partial charge in [0.2, 0.25) is 5.76 Å². The Morgan fingerprint density at radius 2 is 2.00 bits per heavy atom. The Labute approximate surface area is 122 Å². The summed E-state index contributed by atoms with van der Waals surface area (Å²) in [5.41, 5.74) is -0.351. The molecule has 9 heteroatoms. The molecule has 2 aromatic rings. The monoisotopic (exact) mass is 312 g/mol. The maximum Gasteiger partial charge on any atom is 0.415 e. The predicted octanol–water partition coefficient (Wildman–Crippen LogP) is 3.06. The fraction of sp³-hybridized carbons (Fsp3) is 0.154. The van der Waals surface area contributed by atoms with Crippen molar-refractivity contribution < 1.29 is 32.6 Å². The minimum absolute atomic E-state index is 0.0547. The predicted molar refractivity (Wildman–Crippen MR) is 68.7 cm³/mol. The first kappa shape index (κ1) is 15.4. The number of carboxylic acids is 1. The van der Waals surface area contributed by atoms with Crippen LogP contribution in [0.25, 0.3) is 0 Å².